The van der Waals surface area contributed by atoms with Gasteiger partial charge in [0.25, 0.3) is 0 Å². The lowest BCUT2D eigenvalue weighted by atomic mass is 10.1. The summed E-state index contributed by atoms with van der Waals surface area (Å²) < 4.78 is 7.55. The van der Waals surface area contributed by atoms with Gasteiger partial charge in [-0.2, -0.15) is 0 Å². The van der Waals surface area contributed by atoms with Crippen LogP contribution in [-0.2, 0) is 6.54 Å². The van der Waals surface area contributed by atoms with Crippen LogP contribution in [0.25, 0.3) is 21.7 Å². The van der Waals surface area contributed by atoms with Gasteiger partial charge in [-0.1, -0.05) is 48.5 Å². The second-order valence-electron chi connectivity index (χ2n) is 6.24. The lowest BCUT2D eigenvalue weighted by molar-refractivity contribution is 0.291. The van der Waals surface area contributed by atoms with Gasteiger partial charge in [0.05, 0.1) is 12.1 Å². The fourth-order valence-corrected chi connectivity index (χ4v) is 3.38. The quantitative estimate of drug-likeness (QED) is 0.500. The van der Waals surface area contributed by atoms with Gasteiger partial charge in [-0.25, -0.2) is 0 Å². The zero-order chi connectivity index (χ0) is 18.1. The van der Waals surface area contributed by atoms with E-state index in [1.165, 1.54) is 0 Å². The van der Waals surface area contributed by atoms with Crippen LogP contribution in [0.3, 0.4) is 0 Å². The molecular weight excluding hydrogens is 328 g/mol. The molecule has 4 aromatic rings. The molecule has 5 heteroatoms. The minimum absolute atomic E-state index is 0.0782. The molecule has 130 valence electrons. The molecule has 1 N–H and O–H groups in total. The van der Waals surface area contributed by atoms with Crippen molar-refractivity contribution in [1.29, 1.82) is 0 Å². The number of nitroso groups, excluding NO2 is 1. The third-order valence-corrected chi connectivity index (χ3v) is 4.63. The Hall–Kier alpha value is -3.34. The first kappa shape index (κ1) is 16.1. The minimum Gasteiger partial charge on any atom is -0.493 e. The Morgan fingerprint density at radius 3 is 2.65 bits per heavy atom. The van der Waals surface area contributed by atoms with Crippen molar-refractivity contribution in [3.05, 3.63) is 71.1 Å². The van der Waals surface area contributed by atoms with Crippen molar-refractivity contribution in [2.45, 2.75) is 13.5 Å². The van der Waals surface area contributed by atoms with E-state index in [4.69, 9.17) is 4.74 Å². The first-order chi connectivity index (χ1) is 12.7. The van der Waals surface area contributed by atoms with Gasteiger partial charge >= 0.3 is 0 Å². The van der Waals surface area contributed by atoms with E-state index in [9.17, 15) is 10.0 Å². The van der Waals surface area contributed by atoms with E-state index in [1.54, 1.807) is 10.6 Å². The maximum absolute atomic E-state index is 11.1. The van der Waals surface area contributed by atoms with Crippen LogP contribution in [0.5, 0.6) is 11.6 Å². The molecule has 0 saturated heterocycles. The summed E-state index contributed by atoms with van der Waals surface area (Å²) in [6.07, 6.45) is 0. The molecule has 0 spiro atoms. The molecular formula is C21H18N2O3. The Morgan fingerprint density at radius 2 is 1.85 bits per heavy atom. The van der Waals surface area contributed by atoms with Gasteiger partial charge in [0.2, 0.25) is 5.88 Å². The molecule has 3 aromatic carbocycles. The lowest BCUT2D eigenvalue weighted by Gasteiger charge is -2.11. The molecule has 0 aliphatic carbocycles. The molecule has 0 aliphatic rings. The molecule has 0 fully saturated rings. The van der Waals surface area contributed by atoms with Gasteiger partial charge in [0, 0.05) is 5.39 Å². The normalized spacial score (nSPS) is 11.1. The molecule has 5 nitrogen and oxygen atoms in total. The highest BCUT2D eigenvalue weighted by atomic mass is 16.5. The van der Waals surface area contributed by atoms with E-state index < -0.39 is 0 Å². The molecule has 0 aliphatic heterocycles. The minimum atomic E-state index is -0.119. The van der Waals surface area contributed by atoms with E-state index in [2.05, 4.69) is 11.2 Å². The van der Waals surface area contributed by atoms with Crippen molar-refractivity contribution >= 4 is 27.4 Å². The number of rotatable bonds is 5. The van der Waals surface area contributed by atoms with Gasteiger partial charge in [-0.15, -0.1) is 4.91 Å². The topological polar surface area (TPSA) is 63.8 Å². The number of nitrogens with zero attached hydrogens (tertiary/aromatic N) is 2. The third kappa shape index (κ3) is 2.67. The molecule has 0 radical (unpaired) electrons. The summed E-state index contributed by atoms with van der Waals surface area (Å²) in [7, 11) is 0. The predicted octanol–water partition coefficient (Wildman–Crippen LogP) is 5.29. The van der Waals surface area contributed by atoms with Crippen LogP contribution in [0, 0.1) is 11.8 Å². The van der Waals surface area contributed by atoms with Crippen LogP contribution in [-0.4, -0.2) is 16.3 Å². The number of aryl methyl sites for hydroxylation is 1. The average molecular weight is 346 g/mol. The Labute approximate surface area is 150 Å². The van der Waals surface area contributed by atoms with Crippen molar-refractivity contribution in [3.8, 4) is 11.6 Å². The van der Waals surface area contributed by atoms with E-state index in [-0.39, 0.29) is 11.6 Å². The van der Waals surface area contributed by atoms with Gasteiger partial charge in [0.15, 0.2) is 5.69 Å². The first-order valence-corrected chi connectivity index (χ1v) is 8.45. The standard InChI is InChI=1S/C21H18N2O3/c1-14-5-4-8-18-19(22-25)21(24)23(20(14)18)11-12-26-17-10-9-15-6-2-3-7-16(15)13-17/h2-10,13,24H,11-12H2,1H3. The molecule has 0 unspecified atom stereocenters. The van der Waals surface area contributed by atoms with Crippen LogP contribution in [0.1, 0.15) is 5.56 Å². The number of ether oxygens (including phenoxy) is 1. The maximum atomic E-state index is 11.1. The van der Waals surface area contributed by atoms with Crippen LogP contribution < -0.4 is 4.74 Å². The fourth-order valence-electron chi connectivity index (χ4n) is 3.38. The Kier molecular flexibility index (Phi) is 4.05. The number of hydrogen-bond donors (Lipinski definition) is 1. The third-order valence-electron chi connectivity index (χ3n) is 4.63. The number of aromatic hydroxyl groups is 1. The van der Waals surface area contributed by atoms with Crippen LogP contribution in [0.4, 0.5) is 5.69 Å². The number of hydrogen-bond acceptors (Lipinski definition) is 4. The van der Waals surface area contributed by atoms with E-state index in [0.717, 1.165) is 27.6 Å². The van der Waals surface area contributed by atoms with Crippen molar-refractivity contribution in [2.75, 3.05) is 6.61 Å². The smallest absolute Gasteiger partial charge is 0.222 e. The van der Waals surface area contributed by atoms with E-state index in [1.807, 2.05) is 55.5 Å². The molecule has 0 saturated carbocycles. The van der Waals surface area contributed by atoms with Crippen molar-refractivity contribution in [2.24, 2.45) is 5.18 Å². The Morgan fingerprint density at radius 1 is 1.04 bits per heavy atom. The summed E-state index contributed by atoms with van der Waals surface area (Å²) >= 11 is 0. The molecule has 0 atom stereocenters. The van der Waals surface area contributed by atoms with Crippen LogP contribution in [0.2, 0.25) is 0 Å². The highest BCUT2D eigenvalue weighted by molar-refractivity contribution is 5.96. The second kappa shape index (κ2) is 6.52. The number of para-hydroxylation sites is 1. The summed E-state index contributed by atoms with van der Waals surface area (Å²) in [4.78, 5) is 11.1. The zero-order valence-electron chi connectivity index (χ0n) is 14.3. The van der Waals surface area contributed by atoms with E-state index in [0.29, 0.717) is 18.5 Å². The number of benzene rings is 3. The molecule has 1 aromatic heterocycles. The highest BCUT2D eigenvalue weighted by Crippen LogP contribution is 2.39. The van der Waals surface area contributed by atoms with Gasteiger partial charge in [0.1, 0.15) is 12.4 Å². The Bertz CT molecular complexity index is 1120. The molecule has 0 amide bonds. The highest BCUT2D eigenvalue weighted by Gasteiger charge is 2.18. The summed E-state index contributed by atoms with van der Waals surface area (Å²) in [5.41, 5.74) is 1.86. The van der Waals surface area contributed by atoms with Gasteiger partial charge in [-0.3, -0.25) is 0 Å². The molecule has 0 bridgehead atoms. The zero-order valence-corrected chi connectivity index (χ0v) is 14.3. The first-order valence-electron chi connectivity index (χ1n) is 8.45. The largest absolute Gasteiger partial charge is 0.493 e. The van der Waals surface area contributed by atoms with Crippen molar-refractivity contribution in [3.63, 3.8) is 0 Å². The van der Waals surface area contributed by atoms with E-state index >= 15 is 0 Å². The van der Waals surface area contributed by atoms with Gasteiger partial charge in [-0.05, 0) is 40.6 Å². The van der Waals surface area contributed by atoms with Crippen LogP contribution >= 0.6 is 0 Å². The summed E-state index contributed by atoms with van der Waals surface area (Å²) in [5.74, 6) is 0.650. The lowest BCUT2D eigenvalue weighted by Crippen LogP contribution is -2.08. The number of fused-ring (bicyclic) bond motifs is 2. The predicted molar refractivity (Wildman–Crippen MR) is 103 cm³/mol. The molecule has 4 rings (SSSR count). The second-order valence-corrected chi connectivity index (χ2v) is 6.24. The maximum Gasteiger partial charge on any atom is 0.222 e. The van der Waals surface area contributed by atoms with Gasteiger partial charge < -0.3 is 14.4 Å². The summed E-state index contributed by atoms with van der Waals surface area (Å²) in [6.45, 7) is 2.72. The van der Waals surface area contributed by atoms with Crippen molar-refractivity contribution < 1.29 is 9.84 Å². The average Bonchev–Trinajstić information content (AvgIpc) is 2.94. The fraction of sp³-hybridized carbons (Fsp3) is 0.143. The molecule has 1 heterocycles. The SMILES string of the molecule is Cc1cccc2c(N=O)c(O)n(CCOc3ccc4ccccc4c3)c12. The molecule has 26 heavy (non-hydrogen) atoms. The summed E-state index contributed by atoms with van der Waals surface area (Å²) in [6, 6.07) is 19.6. The monoisotopic (exact) mass is 346 g/mol. The number of aromatic nitrogens is 1. The summed E-state index contributed by atoms with van der Waals surface area (Å²) in [5, 5.41) is 16.3. The van der Waals surface area contributed by atoms with Crippen LogP contribution in [0.15, 0.2) is 65.8 Å². The Balaban J connectivity index is 1.59. The van der Waals surface area contributed by atoms with Crippen molar-refractivity contribution in [1.82, 2.24) is 4.57 Å².